The highest BCUT2D eigenvalue weighted by Gasteiger charge is 2.32. The molecule has 5 nitrogen and oxygen atoms in total. The second-order valence-corrected chi connectivity index (χ2v) is 7.48. The number of benzene rings is 2. The van der Waals surface area contributed by atoms with Crippen LogP contribution in [0, 0.1) is 0 Å². The first-order valence-corrected chi connectivity index (χ1v) is 8.65. The molecule has 2 aromatic rings. The van der Waals surface area contributed by atoms with Crippen molar-refractivity contribution in [2.45, 2.75) is 32.4 Å². The van der Waals surface area contributed by atoms with Crippen LogP contribution in [-0.4, -0.2) is 41.5 Å². The van der Waals surface area contributed by atoms with Gasteiger partial charge < -0.3 is 15.2 Å². The lowest BCUT2D eigenvalue weighted by atomic mass is 9.83. The molecule has 0 radical (unpaired) electrons. The van der Waals surface area contributed by atoms with Gasteiger partial charge in [0, 0.05) is 28.8 Å². The first kappa shape index (κ1) is 18.3. The highest BCUT2D eigenvalue weighted by Crippen LogP contribution is 2.33. The van der Waals surface area contributed by atoms with E-state index in [-0.39, 0.29) is 29.3 Å². The van der Waals surface area contributed by atoms with Gasteiger partial charge in [-0.2, -0.15) is 0 Å². The van der Waals surface area contributed by atoms with Gasteiger partial charge in [0.2, 0.25) is 0 Å². The standard InChI is InChI=1S/C21H23NO4/c1-21(2,3)22-11-13(23)12-26-17-10-6-9-16-18(17)20(25)15-8-5-4-7-14(15)19(16)24/h4-10,13,22-23H,11-12H2,1-3H3/t13-/m1/s1. The molecule has 0 saturated carbocycles. The molecule has 2 aromatic carbocycles. The molecule has 1 aliphatic rings. The summed E-state index contributed by atoms with van der Waals surface area (Å²) in [5.74, 6) is -0.0890. The van der Waals surface area contributed by atoms with Crippen molar-refractivity contribution in [3.63, 3.8) is 0 Å². The number of rotatable bonds is 5. The van der Waals surface area contributed by atoms with Crippen LogP contribution in [0.2, 0.25) is 0 Å². The summed E-state index contributed by atoms with van der Waals surface area (Å²) in [6.45, 7) is 6.43. The summed E-state index contributed by atoms with van der Waals surface area (Å²) >= 11 is 0. The zero-order valence-corrected chi connectivity index (χ0v) is 15.2. The van der Waals surface area contributed by atoms with Crippen LogP contribution in [0.4, 0.5) is 0 Å². The number of carbonyl (C=O) groups excluding carboxylic acids is 2. The van der Waals surface area contributed by atoms with E-state index in [1.165, 1.54) is 0 Å². The Labute approximate surface area is 153 Å². The summed E-state index contributed by atoms with van der Waals surface area (Å²) in [4.78, 5) is 25.6. The Balaban J connectivity index is 1.81. The van der Waals surface area contributed by atoms with Gasteiger partial charge in [-0.1, -0.05) is 36.4 Å². The normalized spacial score (nSPS) is 14.6. The van der Waals surface area contributed by atoms with Gasteiger partial charge in [0.15, 0.2) is 11.6 Å². The van der Waals surface area contributed by atoms with Gasteiger partial charge in [-0.05, 0) is 26.8 Å². The maximum atomic E-state index is 12.9. The Hall–Kier alpha value is -2.50. The molecule has 0 unspecified atom stereocenters. The van der Waals surface area contributed by atoms with Crippen LogP contribution >= 0.6 is 0 Å². The van der Waals surface area contributed by atoms with Crippen LogP contribution < -0.4 is 10.1 Å². The van der Waals surface area contributed by atoms with Crippen molar-refractivity contribution in [3.05, 3.63) is 64.7 Å². The molecule has 0 aliphatic heterocycles. The number of β-amino-alcohol motifs (C(OH)–C–C–N with tert-alkyl or cyclic N) is 1. The second kappa shape index (κ2) is 7.02. The van der Waals surface area contributed by atoms with E-state index in [1.807, 2.05) is 20.8 Å². The molecule has 0 spiro atoms. The molecule has 0 fully saturated rings. The molecule has 2 N–H and O–H groups in total. The third-order valence-electron chi connectivity index (χ3n) is 4.21. The fourth-order valence-corrected chi connectivity index (χ4v) is 2.90. The monoisotopic (exact) mass is 353 g/mol. The van der Waals surface area contributed by atoms with E-state index in [0.717, 1.165) is 0 Å². The zero-order chi connectivity index (χ0) is 18.9. The lowest BCUT2D eigenvalue weighted by Gasteiger charge is -2.24. The summed E-state index contributed by atoms with van der Waals surface area (Å²) in [6.07, 6.45) is -0.730. The van der Waals surface area contributed by atoms with Gasteiger partial charge >= 0.3 is 0 Å². The van der Waals surface area contributed by atoms with Gasteiger partial charge in [-0.15, -0.1) is 0 Å². The summed E-state index contributed by atoms with van der Waals surface area (Å²) < 4.78 is 5.70. The van der Waals surface area contributed by atoms with Gasteiger partial charge in [-0.25, -0.2) is 0 Å². The predicted octanol–water partition coefficient (Wildman–Crippen LogP) is 2.59. The highest BCUT2D eigenvalue weighted by molar-refractivity contribution is 6.29. The maximum Gasteiger partial charge on any atom is 0.198 e. The van der Waals surface area contributed by atoms with Crippen LogP contribution in [0.5, 0.6) is 5.75 Å². The van der Waals surface area contributed by atoms with Crippen molar-refractivity contribution in [2.24, 2.45) is 0 Å². The van der Waals surface area contributed by atoms with Crippen LogP contribution in [0.1, 0.15) is 52.6 Å². The number of carbonyl (C=O) groups is 2. The van der Waals surface area contributed by atoms with E-state index in [0.29, 0.717) is 29.0 Å². The Morgan fingerprint density at radius 1 is 0.962 bits per heavy atom. The first-order chi connectivity index (χ1) is 12.3. The quantitative estimate of drug-likeness (QED) is 0.737. The Kier molecular flexibility index (Phi) is 4.94. The minimum atomic E-state index is -0.730. The molecule has 1 atom stereocenters. The molecule has 3 rings (SSSR count). The largest absolute Gasteiger partial charge is 0.490 e. The average Bonchev–Trinajstić information content (AvgIpc) is 2.62. The third kappa shape index (κ3) is 3.69. The van der Waals surface area contributed by atoms with E-state index in [4.69, 9.17) is 4.74 Å². The summed E-state index contributed by atoms with van der Waals surface area (Å²) in [5, 5.41) is 13.3. The van der Waals surface area contributed by atoms with Crippen LogP contribution in [0.25, 0.3) is 0 Å². The SMILES string of the molecule is CC(C)(C)NC[C@@H](O)COc1cccc2c1C(=O)c1ccccc1C2=O. The molecule has 0 bridgehead atoms. The van der Waals surface area contributed by atoms with Crippen molar-refractivity contribution >= 4 is 11.6 Å². The number of ketones is 2. The van der Waals surface area contributed by atoms with Gasteiger partial charge in [-0.3, -0.25) is 9.59 Å². The Morgan fingerprint density at radius 3 is 2.23 bits per heavy atom. The van der Waals surface area contributed by atoms with Crippen LogP contribution in [-0.2, 0) is 0 Å². The number of fused-ring (bicyclic) bond motifs is 2. The number of hydrogen-bond donors (Lipinski definition) is 2. The summed E-state index contributed by atoms with van der Waals surface area (Å²) in [5.41, 5.74) is 1.30. The van der Waals surface area contributed by atoms with E-state index < -0.39 is 6.10 Å². The second-order valence-electron chi connectivity index (χ2n) is 7.48. The van der Waals surface area contributed by atoms with Gasteiger partial charge in [0.25, 0.3) is 0 Å². The summed E-state index contributed by atoms with van der Waals surface area (Å²) in [7, 11) is 0. The van der Waals surface area contributed by atoms with Crippen LogP contribution in [0.3, 0.4) is 0 Å². The molecule has 0 amide bonds. The maximum absolute atomic E-state index is 12.9. The molecule has 136 valence electrons. The Morgan fingerprint density at radius 2 is 1.58 bits per heavy atom. The molecule has 0 aromatic heterocycles. The zero-order valence-electron chi connectivity index (χ0n) is 15.2. The predicted molar refractivity (Wildman–Crippen MR) is 99.0 cm³/mol. The van der Waals surface area contributed by atoms with Gasteiger partial charge in [0.05, 0.1) is 5.56 Å². The smallest absolute Gasteiger partial charge is 0.198 e. The van der Waals surface area contributed by atoms with Crippen molar-refractivity contribution in [3.8, 4) is 5.75 Å². The number of aliphatic hydroxyl groups excluding tert-OH is 1. The fraction of sp³-hybridized carbons (Fsp3) is 0.333. The molecule has 0 saturated heterocycles. The van der Waals surface area contributed by atoms with Crippen molar-refractivity contribution < 1.29 is 19.4 Å². The van der Waals surface area contributed by atoms with E-state index in [2.05, 4.69) is 5.32 Å². The fourth-order valence-electron chi connectivity index (χ4n) is 2.90. The van der Waals surface area contributed by atoms with Crippen LogP contribution in [0.15, 0.2) is 42.5 Å². The minimum Gasteiger partial charge on any atom is -0.490 e. The topological polar surface area (TPSA) is 75.6 Å². The minimum absolute atomic E-state index is 0.0304. The highest BCUT2D eigenvalue weighted by atomic mass is 16.5. The number of ether oxygens (including phenoxy) is 1. The van der Waals surface area contributed by atoms with Gasteiger partial charge in [0.1, 0.15) is 18.5 Å². The molecule has 0 heterocycles. The van der Waals surface area contributed by atoms with E-state index in [9.17, 15) is 14.7 Å². The van der Waals surface area contributed by atoms with Crippen molar-refractivity contribution in [2.75, 3.05) is 13.2 Å². The lowest BCUT2D eigenvalue weighted by Crippen LogP contribution is -2.42. The number of nitrogens with one attached hydrogen (secondary N) is 1. The molecular weight excluding hydrogens is 330 g/mol. The van der Waals surface area contributed by atoms with E-state index in [1.54, 1.807) is 42.5 Å². The number of hydrogen-bond acceptors (Lipinski definition) is 5. The molecule has 5 heteroatoms. The summed E-state index contributed by atoms with van der Waals surface area (Å²) in [6, 6.07) is 11.8. The third-order valence-corrected chi connectivity index (χ3v) is 4.21. The first-order valence-electron chi connectivity index (χ1n) is 8.65. The average molecular weight is 353 g/mol. The van der Waals surface area contributed by atoms with E-state index >= 15 is 0 Å². The molecular formula is C21H23NO4. The molecule has 1 aliphatic carbocycles. The Bertz CT molecular complexity index is 851. The lowest BCUT2D eigenvalue weighted by molar-refractivity contribution is 0.0936. The van der Waals surface area contributed by atoms with Crippen molar-refractivity contribution in [1.29, 1.82) is 0 Å². The van der Waals surface area contributed by atoms with Crippen molar-refractivity contribution in [1.82, 2.24) is 5.32 Å². The number of aliphatic hydroxyl groups is 1. The molecule has 26 heavy (non-hydrogen) atoms.